The molecule has 0 amide bonds. The van der Waals surface area contributed by atoms with E-state index in [4.69, 9.17) is 15.0 Å². The first kappa shape index (κ1) is 16.0. The van der Waals surface area contributed by atoms with Crippen LogP contribution in [0.25, 0.3) is 0 Å². The van der Waals surface area contributed by atoms with E-state index < -0.39 is 0 Å². The quantitative estimate of drug-likeness (QED) is 0.701. The zero-order valence-electron chi connectivity index (χ0n) is 15.8. The molecule has 2 fully saturated rings. The molecule has 2 aromatic rings. The molecule has 3 nitrogen and oxygen atoms in total. The lowest BCUT2D eigenvalue weighted by Crippen LogP contribution is -2.44. The Morgan fingerprint density at radius 1 is 0.808 bits per heavy atom. The maximum absolute atomic E-state index is 5.38. The Hall–Kier alpha value is -2.16. The van der Waals surface area contributed by atoms with E-state index in [1.54, 1.807) is 7.11 Å². The predicted molar refractivity (Wildman–Crippen MR) is 102 cm³/mol. The normalized spacial score (nSPS) is 36.3. The van der Waals surface area contributed by atoms with Crippen molar-refractivity contribution in [2.75, 3.05) is 7.11 Å². The Balaban J connectivity index is 1.74. The molecule has 5 rings (SSSR count). The summed E-state index contributed by atoms with van der Waals surface area (Å²) < 4.78 is 5.38. The largest absolute Gasteiger partial charge is 0.497 e. The van der Waals surface area contributed by atoms with Crippen molar-refractivity contribution in [3.8, 4) is 5.75 Å². The van der Waals surface area contributed by atoms with Gasteiger partial charge in [0.15, 0.2) is 0 Å². The van der Waals surface area contributed by atoms with E-state index in [1.165, 1.54) is 30.4 Å². The van der Waals surface area contributed by atoms with Gasteiger partial charge in [0.25, 0.3) is 0 Å². The maximum atomic E-state index is 5.38. The molecule has 0 N–H and O–H groups in total. The molecule has 1 aliphatic heterocycles. The lowest BCUT2D eigenvalue weighted by atomic mass is 9.61. The molecular formula is C23H26N2O. The SMILES string of the molecule is COc1ccc([C@@]23N=N[C@@](c4ccccc4)([C@H]4CCC[C@H]42)C3(C)C)cc1. The summed E-state index contributed by atoms with van der Waals surface area (Å²) in [6.07, 6.45) is 3.77. The van der Waals surface area contributed by atoms with E-state index in [-0.39, 0.29) is 16.5 Å². The highest BCUT2D eigenvalue weighted by molar-refractivity contribution is 5.46. The number of hydrogen-bond donors (Lipinski definition) is 0. The molecule has 0 spiro atoms. The zero-order valence-corrected chi connectivity index (χ0v) is 15.8. The molecule has 134 valence electrons. The van der Waals surface area contributed by atoms with Crippen molar-refractivity contribution in [3.05, 3.63) is 65.7 Å². The van der Waals surface area contributed by atoms with E-state index in [0.29, 0.717) is 11.8 Å². The van der Waals surface area contributed by atoms with Crippen LogP contribution in [0.2, 0.25) is 0 Å². The molecule has 0 aromatic heterocycles. The van der Waals surface area contributed by atoms with Gasteiger partial charge >= 0.3 is 0 Å². The van der Waals surface area contributed by atoms with Gasteiger partial charge in [-0.3, -0.25) is 0 Å². The van der Waals surface area contributed by atoms with Crippen LogP contribution in [-0.4, -0.2) is 7.11 Å². The van der Waals surface area contributed by atoms with Gasteiger partial charge in [-0.15, -0.1) is 0 Å². The molecule has 1 heterocycles. The summed E-state index contributed by atoms with van der Waals surface area (Å²) in [7, 11) is 1.72. The maximum Gasteiger partial charge on any atom is 0.118 e. The molecule has 2 aromatic carbocycles. The first-order valence-electron chi connectivity index (χ1n) is 9.72. The van der Waals surface area contributed by atoms with Crippen molar-refractivity contribution in [1.82, 2.24) is 0 Å². The van der Waals surface area contributed by atoms with Gasteiger partial charge in [-0.25, -0.2) is 0 Å². The Bertz CT molecular complexity index is 858. The first-order chi connectivity index (χ1) is 12.6. The Kier molecular flexibility index (Phi) is 3.20. The Morgan fingerprint density at radius 3 is 1.88 bits per heavy atom. The van der Waals surface area contributed by atoms with Crippen molar-refractivity contribution in [3.63, 3.8) is 0 Å². The molecule has 3 aliphatic rings. The van der Waals surface area contributed by atoms with E-state index in [9.17, 15) is 0 Å². The minimum Gasteiger partial charge on any atom is -0.497 e. The van der Waals surface area contributed by atoms with Crippen molar-refractivity contribution < 1.29 is 4.74 Å². The standard InChI is InChI=1S/C23H26N2O/c1-21(2)22(16-8-5-4-6-9-16)19-10-7-11-20(19)23(21,25-24-22)17-12-14-18(26-3)15-13-17/h4-6,8-9,12-15,19-20H,7,10-11H2,1-3H3/t19-,20+,22-,23+/m0/s1. The van der Waals surface area contributed by atoms with Gasteiger partial charge < -0.3 is 4.74 Å². The van der Waals surface area contributed by atoms with Crippen LogP contribution in [0.4, 0.5) is 0 Å². The van der Waals surface area contributed by atoms with E-state index >= 15 is 0 Å². The zero-order chi connectivity index (χ0) is 18.0. The number of fused-ring (bicyclic) bond motifs is 5. The van der Waals surface area contributed by atoms with Gasteiger partial charge in [-0.05, 0) is 47.9 Å². The minimum absolute atomic E-state index is 0.0638. The van der Waals surface area contributed by atoms with Crippen LogP contribution in [0.5, 0.6) is 5.75 Å². The van der Waals surface area contributed by atoms with Gasteiger partial charge in [0, 0.05) is 5.41 Å². The van der Waals surface area contributed by atoms with Crippen LogP contribution in [0.15, 0.2) is 64.8 Å². The average Bonchev–Trinajstić information content (AvgIpc) is 3.30. The third-order valence-corrected chi connectivity index (χ3v) is 7.60. The van der Waals surface area contributed by atoms with Crippen LogP contribution < -0.4 is 4.74 Å². The summed E-state index contributed by atoms with van der Waals surface area (Å²) in [5, 5.41) is 10.2. The molecule has 26 heavy (non-hydrogen) atoms. The third-order valence-electron chi connectivity index (χ3n) is 7.60. The van der Waals surface area contributed by atoms with Gasteiger partial charge in [0.1, 0.15) is 16.8 Å². The molecule has 2 aliphatic carbocycles. The second kappa shape index (κ2) is 5.18. The molecule has 0 unspecified atom stereocenters. The number of azo groups is 1. The van der Waals surface area contributed by atoms with Crippen molar-refractivity contribution in [1.29, 1.82) is 0 Å². The van der Waals surface area contributed by atoms with E-state index in [2.05, 4.69) is 68.4 Å². The fraction of sp³-hybridized carbons (Fsp3) is 0.478. The van der Waals surface area contributed by atoms with Crippen molar-refractivity contribution in [2.45, 2.75) is 44.2 Å². The summed E-state index contributed by atoms with van der Waals surface area (Å²) in [5.74, 6) is 2.02. The first-order valence-corrected chi connectivity index (χ1v) is 9.72. The summed E-state index contributed by atoms with van der Waals surface area (Å²) in [5.41, 5.74) is 2.11. The Morgan fingerprint density at radius 2 is 1.35 bits per heavy atom. The van der Waals surface area contributed by atoms with Crippen LogP contribution in [-0.2, 0) is 11.1 Å². The highest BCUT2D eigenvalue weighted by Gasteiger charge is 2.78. The van der Waals surface area contributed by atoms with Gasteiger partial charge in [0.05, 0.1) is 7.11 Å². The van der Waals surface area contributed by atoms with E-state index in [1.807, 2.05) is 0 Å². The van der Waals surface area contributed by atoms with E-state index in [0.717, 1.165) is 5.75 Å². The van der Waals surface area contributed by atoms with Crippen LogP contribution in [0.3, 0.4) is 0 Å². The monoisotopic (exact) mass is 346 g/mol. The van der Waals surface area contributed by atoms with Gasteiger partial charge in [0.2, 0.25) is 0 Å². The van der Waals surface area contributed by atoms with Crippen molar-refractivity contribution in [2.24, 2.45) is 27.5 Å². The summed E-state index contributed by atoms with van der Waals surface area (Å²) in [6, 6.07) is 19.5. The topological polar surface area (TPSA) is 34.0 Å². The van der Waals surface area contributed by atoms with Crippen molar-refractivity contribution >= 4 is 0 Å². The van der Waals surface area contributed by atoms with Crippen LogP contribution in [0, 0.1) is 17.3 Å². The van der Waals surface area contributed by atoms with Crippen LogP contribution in [0.1, 0.15) is 44.2 Å². The summed E-state index contributed by atoms with van der Waals surface area (Å²) >= 11 is 0. The smallest absolute Gasteiger partial charge is 0.118 e. The summed E-state index contributed by atoms with van der Waals surface area (Å²) in [6.45, 7) is 4.78. The summed E-state index contributed by atoms with van der Waals surface area (Å²) in [4.78, 5) is 0. The Labute approximate surface area is 155 Å². The predicted octanol–water partition coefficient (Wildman–Crippen LogP) is 5.71. The molecule has 4 atom stereocenters. The molecular weight excluding hydrogens is 320 g/mol. The average molecular weight is 346 g/mol. The lowest BCUT2D eigenvalue weighted by molar-refractivity contribution is 0.140. The van der Waals surface area contributed by atoms with Crippen LogP contribution >= 0.6 is 0 Å². The van der Waals surface area contributed by atoms with Gasteiger partial charge in [-0.2, -0.15) is 10.2 Å². The molecule has 2 bridgehead atoms. The third kappa shape index (κ3) is 1.61. The number of ether oxygens (including phenoxy) is 1. The number of benzene rings is 2. The number of hydrogen-bond acceptors (Lipinski definition) is 3. The molecule has 0 saturated heterocycles. The molecule has 3 heteroatoms. The minimum atomic E-state index is -0.240. The van der Waals surface area contributed by atoms with Gasteiger partial charge in [-0.1, -0.05) is 62.7 Å². The highest BCUT2D eigenvalue weighted by Crippen LogP contribution is 2.77. The number of nitrogens with zero attached hydrogens (tertiary/aromatic N) is 2. The second-order valence-corrected chi connectivity index (χ2v) is 8.60. The number of rotatable bonds is 3. The number of methoxy groups -OCH3 is 1. The molecule has 0 radical (unpaired) electrons. The fourth-order valence-corrected chi connectivity index (χ4v) is 6.54. The lowest BCUT2D eigenvalue weighted by Gasteiger charge is -2.42. The second-order valence-electron chi connectivity index (χ2n) is 8.60. The molecule has 2 saturated carbocycles. The fourth-order valence-electron chi connectivity index (χ4n) is 6.54. The highest BCUT2D eigenvalue weighted by atomic mass is 16.5.